The predicted octanol–water partition coefficient (Wildman–Crippen LogP) is 13.1. The first kappa shape index (κ1) is 29.2. The summed E-state index contributed by atoms with van der Waals surface area (Å²) >= 11 is 0. The Kier molecular flexibility index (Phi) is 5.99. The van der Waals surface area contributed by atoms with Crippen molar-refractivity contribution in [3.05, 3.63) is 164 Å². The highest BCUT2D eigenvalue weighted by Gasteiger charge is 2.28. The Morgan fingerprint density at radius 3 is 1.63 bits per heavy atom. The van der Waals surface area contributed by atoms with Crippen LogP contribution >= 0.6 is 0 Å². The van der Waals surface area contributed by atoms with Gasteiger partial charge < -0.3 is 8.83 Å². The Hall–Kier alpha value is -7.37. The molecule has 0 bridgehead atoms. The zero-order chi connectivity index (χ0) is 35.3. The van der Waals surface area contributed by atoms with Crippen LogP contribution < -0.4 is 0 Å². The minimum Gasteiger partial charge on any atom is -0.456 e. The normalized spacial score (nSPS) is 12.1. The summed E-state index contributed by atoms with van der Waals surface area (Å²) in [7, 11) is 0. The lowest BCUT2D eigenvalue weighted by molar-refractivity contribution is 0.668. The maximum absolute atomic E-state index is 6.56. The van der Waals surface area contributed by atoms with Crippen LogP contribution in [-0.4, -0.2) is 15.0 Å². The maximum atomic E-state index is 6.56. The van der Waals surface area contributed by atoms with E-state index in [9.17, 15) is 0 Å². The third-order valence-electron chi connectivity index (χ3n) is 10.9. The maximum Gasteiger partial charge on any atom is 0.164 e. The molecule has 0 spiro atoms. The lowest BCUT2D eigenvalue weighted by Crippen LogP contribution is -2.00. The first-order chi connectivity index (χ1) is 26.8. The highest BCUT2D eigenvalue weighted by molar-refractivity contribution is 6.25. The van der Waals surface area contributed by atoms with Crippen molar-refractivity contribution in [2.24, 2.45) is 0 Å². The number of aromatic nitrogens is 3. The Bertz CT molecular complexity index is 3320. The number of rotatable bonds is 4. The van der Waals surface area contributed by atoms with Crippen molar-refractivity contribution in [3.63, 3.8) is 0 Å². The van der Waals surface area contributed by atoms with E-state index in [2.05, 4.69) is 97.1 Å². The van der Waals surface area contributed by atoms with Crippen molar-refractivity contribution in [2.45, 2.75) is 0 Å². The van der Waals surface area contributed by atoms with Crippen LogP contribution in [-0.2, 0) is 0 Å². The van der Waals surface area contributed by atoms with E-state index in [1.807, 2.05) is 66.7 Å². The Labute approximate surface area is 308 Å². The summed E-state index contributed by atoms with van der Waals surface area (Å²) < 4.78 is 12.8. The SMILES string of the molecule is c1ccc(-c2nc(-c3ccc(-c4c5c(cc6oc7ccccc7c46)-c4cccc6cccc-5c46)cc3)nc(-c3cccc4oc5ccccc5c34)n2)cc1. The molecule has 11 aromatic rings. The third-order valence-corrected chi connectivity index (χ3v) is 10.9. The monoisotopic (exact) mass is 689 g/mol. The molecule has 1 aliphatic carbocycles. The van der Waals surface area contributed by atoms with Gasteiger partial charge in [0.2, 0.25) is 0 Å². The second kappa shape index (κ2) is 11.1. The number of benzene rings is 8. The second-order valence-electron chi connectivity index (χ2n) is 13.9. The Balaban J connectivity index is 1.07. The molecule has 0 fully saturated rings. The highest BCUT2D eigenvalue weighted by Crippen LogP contribution is 2.55. The summed E-state index contributed by atoms with van der Waals surface area (Å²) in [5, 5.41) is 6.77. The molecule has 8 aromatic carbocycles. The molecule has 5 nitrogen and oxygen atoms in total. The molecule has 1 aliphatic rings. The average molecular weight is 690 g/mol. The molecule has 0 N–H and O–H groups in total. The molecule has 5 heteroatoms. The van der Waals surface area contributed by atoms with Gasteiger partial charge >= 0.3 is 0 Å². The molecule has 54 heavy (non-hydrogen) atoms. The summed E-state index contributed by atoms with van der Waals surface area (Å²) in [6, 6.07) is 56.7. The standard InChI is InChI=1S/C49H27N3O2/c1-2-11-30(12-3-1)47-50-48(52-49(51-47)36-19-10-22-40-44(36)33-15-4-6-20-38(33)53-40)31-25-23-29(24-26-31)43-45-35-18-9-14-28-13-8-17-32(42(28)35)37(45)27-41-46(43)34-16-5-7-21-39(34)54-41/h1-27H. The summed E-state index contributed by atoms with van der Waals surface area (Å²) in [6.45, 7) is 0. The largest absolute Gasteiger partial charge is 0.456 e. The number of hydrogen-bond donors (Lipinski definition) is 0. The second-order valence-corrected chi connectivity index (χ2v) is 13.9. The highest BCUT2D eigenvalue weighted by atomic mass is 16.3. The van der Waals surface area contributed by atoms with Crippen molar-refractivity contribution in [3.8, 4) is 67.5 Å². The summed E-state index contributed by atoms with van der Waals surface area (Å²) in [4.78, 5) is 15.3. The van der Waals surface area contributed by atoms with Crippen molar-refractivity contribution in [1.82, 2.24) is 15.0 Å². The van der Waals surface area contributed by atoms with Gasteiger partial charge in [-0.2, -0.15) is 0 Å². The van der Waals surface area contributed by atoms with Gasteiger partial charge in [0.15, 0.2) is 17.5 Å². The molecule has 3 aromatic heterocycles. The Morgan fingerprint density at radius 2 is 0.870 bits per heavy atom. The Morgan fingerprint density at radius 1 is 0.315 bits per heavy atom. The fourth-order valence-corrected chi connectivity index (χ4v) is 8.53. The van der Waals surface area contributed by atoms with Gasteiger partial charge in [-0.25, -0.2) is 15.0 Å². The summed E-state index contributed by atoms with van der Waals surface area (Å²) in [5.74, 6) is 1.81. The van der Waals surface area contributed by atoms with Crippen LogP contribution in [0.15, 0.2) is 173 Å². The zero-order valence-corrected chi connectivity index (χ0v) is 28.7. The molecule has 12 rings (SSSR count). The van der Waals surface area contributed by atoms with E-state index in [-0.39, 0.29) is 0 Å². The van der Waals surface area contributed by atoms with Crippen LogP contribution in [0.25, 0.3) is 122 Å². The average Bonchev–Trinajstić information content (AvgIpc) is 3.91. The molecule has 0 amide bonds. The number of hydrogen-bond acceptors (Lipinski definition) is 5. The van der Waals surface area contributed by atoms with E-state index in [1.165, 1.54) is 38.6 Å². The van der Waals surface area contributed by atoms with Crippen LogP contribution in [0.3, 0.4) is 0 Å². The van der Waals surface area contributed by atoms with Crippen molar-refractivity contribution in [2.75, 3.05) is 0 Å². The lowest BCUT2D eigenvalue weighted by atomic mass is 9.89. The molecular formula is C49H27N3O2. The van der Waals surface area contributed by atoms with Gasteiger partial charge in [-0.1, -0.05) is 140 Å². The first-order valence-electron chi connectivity index (χ1n) is 18.1. The van der Waals surface area contributed by atoms with E-state index < -0.39 is 0 Å². The number of para-hydroxylation sites is 2. The van der Waals surface area contributed by atoms with Gasteiger partial charge in [0.25, 0.3) is 0 Å². The lowest BCUT2D eigenvalue weighted by Gasteiger charge is -2.14. The van der Waals surface area contributed by atoms with Gasteiger partial charge in [-0.3, -0.25) is 0 Å². The van der Waals surface area contributed by atoms with Crippen LogP contribution in [0, 0.1) is 0 Å². The zero-order valence-electron chi connectivity index (χ0n) is 28.7. The molecule has 0 aliphatic heterocycles. The van der Waals surface area contributed by atoms with E-state index in [4.69, 9.17) is 23.8 Å². The number of furan rings is 2. The van der Waals surface area contributed by atoms with Gasteiger partial charge in [0, 0.05) is 43.8 Å². The molecule has 0 saturated heterocycles. The minimum absolute atomic E-state index is 0.596. The fraction of sp³-hybridized carbons (Fsp3) is 0. The van der Waals surface area contributed by atoms with E-state index in [1.54, 1.807) is 0 Å². The molecule has 0 atom stereocenters. The van der Waals surface area contributed by atoms with Gasteiger partial charge in [-0.15, -0.1) is 0 Å². The van der Waals surface area contributed by atoms with Crippen LogP contribution in [0.1, 0.15) is 0 Å². The van der Waals surface area contributed by atoms with Crippen LogP contribution in [0.4, 0.5) is 0 Å². The minimum atomic E-state index is 0.596. The number of fused-ring (bicyclic) bond motifs is 9. The quantitative estimate of drug-likeness (QED) is 0.184. The molecular weight excluding hydrogens is 663 g/mol. The van der Waals surface area contributed by atoms with Crippen molar-refractivity contribution in [1.29, 1.82) is 0 Å². The third kappa shape index (κ3) is 4.18. The predicted molar refractivity (Wildman–Crippen MR) is 218 cm³/mol. The topological polar surface area (TPSA) is 65.0 Å². The van der Waals surface area contributed by atoms with Crippen molar-refractivity contribution < 1.29 is 8.83 Å². The number of nitrogens with zero attached hydrogens (tertiary/aromatic N) is 3. The molecule has 0 unspecified atom stereocenters. The fourth-order valence-electron chi connectivity index (χ4n) is 8.53. The smallest absolute Gasteiger partial charge is 0.164 e. The van der Waals surface area contributed by atoms with E-state index >= 15 is 0 Å². The van der Waals surface area contributed by atoms with Gasteiger partial charge in [-0.05, 0) is 62.9 Å². The van der Waals surface area contributed by atoms with Crippen molar-refractivity contribution >= 4 is 54.6 Å². The van der Waals surface area contributed by atoms with Gasteiger partial charge in [0.05, 0.1) is 0 Å². The molecule has 0 radical (unpaired) electrons. The van der Waals surface area contributed by atoms with E-state index in [0.29, 0.717) is 17.5 Å². The molecule has 0 saturated carbocycles. The van der Waals surface area contributed by atoms with Gasteiger partial charge in [0.1, 0.15) is 22.3 Å². The summed E-state index contributed by atoms with van der Waals surface area (Å²) in [5.41, 5.74) is 13.3. The molecule has 3 heterocycles. The van der Waals surface area contributed by atoms with E-state index in [0.717, 1.165) is 66.1 Å². The summed E-state index contributed by atoms with van der Waals surface area (Å²) in [6.07, 6.45) is 0. The molecule has 250 valence electrons. The first-order valence-corrected chi connectivity index (χ1v) is 18.1. The van der Waals surface area contributed by atoms with Crippen LogP contribution in [0.2, 0.25) is 0 Å². The van der Waals surface area contributed by atoms with Crippen LogP contribution in [0.5, 0.6) is 0 Å².